The van der Waals surface area contributed by atoms with Crippen molar-refractivity contribution in [3.05, 3.63) is 29.8 Å². The normalized spacial score (nSPS) is 10.2. The average Bonchev–Trinajstić information content (AvgIpc) is 2.44. The van der Waals surface area contributed by atoms with Gasteiger partial charge < -0.3 is 15.3 Å². The molecule has 0 heterocycles. The Balaban J connectivity index is 2.32. The first-order valence-corrected chi connectivity index (χ1v) is 8.05. The van der Waals surface area contributed by atoms with E-state index in [1.807, 2.05) is 38.1 Å². The van der Waals surface area contributed by atoms with Crippen molar-refractivity contribution in [3.8, 4) is 0 Å². The molecule has 2 N–H and O–H groups in total. The number of anilines is 1. The maximum Gasteiger partial charge on any atom is 0.234 e. The second-order valence-corrected chi connectivity index (χ2v) is 5.59. The molecule has 1 aromatic carbocycles. The van der Waals surface area contributed by atoms with E-state index in [4.69, 9.17) is 5.11 Å². The van der Waals surface area contributed by atoms with Crippen LogP contribution in [-0.4, -0.2) is 53.0 Å². The van der Waals surface area contributed by atoms with Crippen molar-refractivity contribution in [1.82, 2.24) is 4.90 Å². The fourth-order valence-corrected chi connectivity index (χ4v) is 2.54. The highest BCUT2D eigenvalue weighted by Crippen LogP contribution is 2.10. The molecule has 0 aliphatic carbocycles. The zero-order valence-corrected chi connectivity index (χ0v) is 13.3. The number of nitrogens with zero attached hydrogens (tertiary/aromatic N) is 1. The first-order valence-electron chi connectivity index (χ1n) is 6.89. The lowest BCUT2D eigenvalue weighted by molar-refractivity contribution is -0.128. The summed E-state index contributed by atoms with van der Waals surface area (Å²) < 4.78 is 0. The smallest absolute Gasteiger partial charge is 0.234 e. The number of hydrogen-bond donors (Lipinski definition) is 2. The maximum atomic E-state index is 11.8. The summed E-state index contributed by atoms with van der Waals surface area (Å²) in [5.74, 6) is 0.300. The monoisotopic (exact) mass is 310 g/mol. The third kappa shape index (κ3) is 6.64. The van der Waals surface area contributed by atoms with Crippen molar-refractivity contribution < 1.29 is 14.7 Å². The molecule has 2 amide bonds. The lowest BCUT2D eigenvalue weighted by atomic mass is 10.2. The molecule has 0 saturated carbocycles. The van der Waals surface area contributed by atoms with Crippen molar-refractivity contribution >= 4 is 29.3 Å². The van der Waals surface area contributed by atoms with Gasteiger partial charge in [-0.25, -0.2) is 0 Å². The first kappa shape index (κ1) is 17.5. The summed E-state index contributed by atoms with van der Waals surface area (Å²) >= 11 is 1.28. The number of benzene rings is 1. The highest BCUT2D eigenvalue weighted by atomic mass is 32.2. The van der Waals surface area contributed by atoms with Crippen LogP contribution in [0, 0.1) is 6.92 Å². The van der Waals surface area contributed by atoms with Gasteiger partial charge in [0, 0.05) is 18.8 Å². The largest absolute Gasteiger partial charge is 0.395 e. The van der Waals surface area contributed by atoms with E-state index in [9.17, 15) is 9.59 Å². The van der Waals surface area contributed by atoms with Gasteiger partial charge in [-0.1, -0.05) is 12.1 Å². The Labute approximate surface area is 129 Å². The number of carbonyl (C=O) groups is 2. The summed E-state index contributed by atoms with van der Waals surface area (Å²) in [5, 5.41) is 11.7. The van der Waals surface area contributed by atoms with E-state index in [-0.39, 0.29) is 29.9 Å². The second kappa shape index (κ2) is 9.41. The van der Waals surface area contributed by atoms with Crippen molar-refractivity contribution in [2.24, 2.45) is 0 Å². The number of hydrogen-bond acceptors (Lipinski definition) is 4. The Hall–Kier alpha value is -1.53. The topological polar surface area (TPSA) is 69.6 Å². The fourth-order valence-electron chi connectivity index (χ4n) is 1.82. The van der Waals surface area contributed by atoms with E-state index in [0.29, 0.717) is 13.1 Å². The molecule has 0 aliphatic heterocycles. The Kier molecular flexibility index (Phi) is 7.85. The Morgan fingerprint density at radius 1 is 1.33 bits per heavy atom. The molecule has 0 unspecified atom stereocenters. The molecule has 5 nitrogen and oxygen atoms in total. The van der Waals surface area contributed by atoms with Crippen LogP contribution in [0.15, 0.2) is 24.3 Å². The molecule has 0 bridgehead atoms. The molecule has 0 spiro atoms. The van der Waals surface area contributed by atoms with Crippen LogP contribution in [0.3, 0.4) is 0 Å². The minimum absolute atomic E-state index is 0.0436. The standard InChI is InChI=1S/C15H22N2O3S/c1-3-17(7-8-18)15(20)11-21-10-14(19)16-13-6-4-5-12(2)9-13/h4-6,9,18H,3,7-8,10-11H2,1-2H3,(H,16,19). The fraction of sp³-hybridized carbons (Fsp3) is 0.467. The van der Waals surface area contributed by atoms with E-state index in [1.165, 1.54) is 11.8 Å². The van der Waals surface area contributed by atoms with Crippen molar-refractivity contribution in [2.75, 3.05) is 36.5 Å². The molecule has 6 heteroatoms. The Bertz CT molecular complexity index is 480. The van der Waals surface area contributed by atoms with Crippen LogP contribution < -0.4 is 5.32 Å². The molecule has 0 saturated heterocycles. The minimum Gasteiger partial charge on any atom is -0.395 e. The van der Waals surface area contributed by atoms with E-state index in [0.717, 1.165) is 11.3 Å². The molecular weight excluding hydrogens is 288 g/mol. The number of rotatable bonds is 8. The number of likely N-dealkylation sites (N-methyl/N-ethyl adjacent to an activating group) is 1. The van der Waals surface area contributed by atoms with Crippen molar-refractivity contribution in [2.45, 2.75) is 13.8 Å². The summed E-state index contributed by atoms with van der Waals surface area (Å²) in [7, 11) is 0. The molecule has 0 fully saturated rings. The quantitative estimate of drug-likeness (QED) is 0.763. The van der Waals surface area contributed by atoms with Gasteiger partial charge in [-0.3, -0.25) is 9.59 Å². The second-order valence-electron chi connectivity index (χ2n) is 4.61. The van der Waals surface area contributed by atoms with Crippen LogP contribution in [0.25, 0.3) is 0 Å². The number of thioether (sulfide) groups is 1. The predicted octanol–water partition coefficient (Wildman–Crippen LogP) is 1.51. The molecule has 1 rings (SSSR count). The minimum atomic E-state index is -0.122. The van der Waals surface area contributed by atoms with Gasteiger partial charge in [0.25, 0.3) is 0 Å². The number of aryl methyl sites for hydroxylation is 1. The van der Waals surface area contributed by atoms with Crippen LogP contribution in [-0.2, 0) is 9.59 Å². The number of amides is 2. The third-order valence-corrected chi connectivity index (χ3v) is 3.78. The average molecular weight is 310 g/mol. The van der Waals surface area contributed by atoms with E-state index in [2.05, 4.69) is 5.32 Å². The van der Waals surface area contributed by atoms with Gasteiger partial charge in [-0.15, -0.1) is 11.8 Å². The zero-order valence-electron chi connectivity index (χ0n) is 12.5. The lowest BCUT2D eigenvalue weighted by Crippen LogP contribution is -2.34. The highest BCUT2D eigenvalue weighted by Gasteiger charge is 2.12. The van der Waals surface area contributed by atoms with Crippen LogP contribution in [0.1, 0.15) is 12.5 Å². The molecule has 0 radical (unpaired) electrons. The summed E-state index contributed by atoms with van der Waals surface area (Å²) in [5.41, 5.74) is 1.85. The van der Waals surface area contributed by atoms with Crippen molar-refractivity contribution in [1.29, 1.82) is 0 Å². The maximum absolute atomic E-state index is 11.8. The van der Waals surface area contributed by atoms with Gasteiger partial charge in [0.15, 0.2) is 0 Å². The van der Waals surface area contributed by atoms with Gasteiger partial charge in [-0.2, -0.15) is 0 Å². The van der Waals surface area contributed by atoms with Gasteiger partial charge in [0.1, 0.15) is 0 Å². The number of nitrogens with one attached hydrogen (secondary N) is 1. The molecule has 0 aliphatic rings. The van der Waals surface area contributed by atoms with Gasteiger partial charge >= 0.3 is 0 Å². The molecule has 1 aromatic rings. The summed E-state index contributed by atoms with van der Waals surface area (Å²) in [6, 6.07) is 7.58. The molecule has 0 atom stereocenters. The van der Waals surface area contributed by atoms with Gasteiger partial charge in [0.2, 0.25) is 11.8 Å². The zero-order chi connectivity index (χ0) is 15.7. The summed E-state index contributed by atoms with van der Waals surface area (Å²) in [4.78, 5) is 25.2. The van der Waals surface area contributed by atoms with E-state index >= 15 is 0 Å². The summed E-state index contributed by atoms with van der Waals surface area (Å²) in [6.45, 7) is 4.69. The highest BCUT2D eigenvalue weighted by molar-refractivity contribution is 8.00. The number of aliphatic hydroxyl groups excluding tert-OH is 1. The van der Waals surface area contributed by atoms with Crippen LogP contribution in [0.4, 0.5) is 5.69 Å². The van der Waals surface area contributed by atoms with Crippen molar-refractivity contribution in [3.63, 3.8) is 0 Å². The Morgan fingerprint density at radius 2 is 2.10 bits per heavy atom. The predicted molar refractivity (Wildman–Crippen MR) is 86.5 cm³/mol. The van der Waals surface area contributed by atoms with Gasteiger partial charge in [0.05, 0.1) is 18.1 Å². The van der Waals surface area contributed by atoms with Crippen LogP contribution in [0.5, 0.6) is 0 Å². The molecule has 116 valence electrons. The lowest BCUT2D eigenvalue weighted by Gasteiger charge is -2.19. The molecule has 0 aromatic heterocycles. The van der Waals surface area contributed by atoms with E-state index < -0.39 is 0 Å². The molecule has 21 heavy (non-hydrogen) atoms. The Morgan fingerprint density at radius 3 is 2.71 bits per heavy atom. The third-order valence-electron chi connectivity index (χ3n) is 2.86. The SMILES string of the molecule is CCN(CCO)C(=O)CSCC(=O)Nc1cccc(C)c1. The van der Waals surface area contributed by atoms with Crippen LogP contribution >= 0.6 is 11.8 Å². The number of carbonyl (C=O) groups excluding carboxylic acids is 2. The van der Waals surface area contributed by atoms with Crippen LogP contribution in [0.2, 0.25) is 0 Å². The first-order chi connectivity index (χ1) is 10.1. The van der Waals surface area contributed by atoms with E-state index in [1.54, 1.807) is 4.90 Å². The summed E-state index contributed by atoms with van der Waals surface area (Å²) in [6.07, 6.45) is 0. The molecular formula is C15H22N2O3S. The van der Waals surface area contributed by atoms with Gasteiger partial charge in [-0.05, 0) is 31.5 Å². The number of aliphatic hydroxyl groups is 1.